The zero-order chi connectivity index (χ0) is 6.97. The molecule has 0 aliphatic heterocycles. The fourth-order valence-electron chi connectivity index (χ4n) is 0.777. The molecule has 2 rings (SSSR count). The second-order valence-corrected chi connectivity index (χ2v) is 1.91. The largest absolute Gasteiger partial charge is 0.394 e. The first-order valence-electron chi connectivity index (χ1n) is 2.77. The van der Waals surface area contributed by atoms with Crippen molar-refractivity contribution in [3.63, 3.8) is 0 Å². The molecule has 2 N–H and O–H groups in total. The van der Waals surface area contributed by atoms with Gasteiger partial charge in [0.2, 0.25) is 0 Å². The molecular weight excluding hydrogens is 130 g/mol. The summed E-state index contributed by atoms with van der Waals surface area (Å²) in [5, 5.41) is 7.42. The van der Waals surface area contributed by atoms with E-state index in [1.807, 2.05) is 0 Å². The average molecular weight is 135 g/mol. The minimum Gasteiger partial charge on any atom is -0.394 e. The number of fused-ring (bicyclic) bond motifs is 1. The molecule has 0 unspecified atom stereocenters. The van der Waals surface area contributed by atoms with Gasteiger partial charge in [0, 0.05) is 0 Å². The van der Waals surface area contributed by atoms with Crippen molar-refractivity contribution in [2.45, 2.75) is 0 Å². The van der Waals surface area contributed by atoms with Crippen LogP contribution in [0, 0.1) is 0 Å². The molecule has 0 saturated carbocycles. The molecule has 0 spiro atoms. The first-order chi connectivity index (χ1) is 4.88. The maximum atomic E-state index is 5.51. The van der Waals surface area contributed by atoms with Gasteiger partial charge in [-0.1, -0.05) is 0 Å². The molecule has 2 aromatic rings. The van der Waals surface area contributed by atoms with Crippen LogP contribution in [0.4, 0.5) is 5.69 Å². The zero-order valence-electron chi connectivity index (χ0n) is 5.10. The molecule has 0 aliphatic rings. The minimum absolute atomic E-state index is 0.542. The molecule has 50 valence electrons. The summed E-state index contributed by atoms with van der Waals surface area (Å²) in [5.41, 5.74) is 6.70. The lowest BCUT2D eigenvalue weighted by Gasteiger charge is -1.91. The van der Waals surface area contributed by atoms with Crippen LogP contribution in [0.15, 0.2) is 18.9 Å². The number of nitrogens with two attached hydrogens (primary N) is 1. The molecule has 0 fully saturated rings. The lowest BCUT2D eigenvalue weighted by Crippen LogP contribution is -1.92. The molecule has 5 heteroatoms. The number of aromatic nitrogens is 4. The topological polar surface area (TPSA) is 69.1 Å². The predicted molar refractivity (Wildman–Crippen MR) is 35.2 cm³/mol. The molecule has 0 amide bonds. The van der Waals surface area contributed by atoms with E-state index in [-0.39, 0.29) is 0 Å². The second kappa shape index (κ2) is 1.66. The smallest absolute Gasteiger partial charge is 0.186 e. The zero-order valence-corrected chi connectivity index (χ0v) is 5.10. The Labute approximate surface area is 56.5 Å². The Kier molecular flexibility index (Phi) is 0.858. The lowest BCUT2D eigenvalue weighted by molar-refractivity contribution is 1.07. The molecule has 0 bridgehead atoms. The number of hydrogen-bond acceptors (Lipinski definition) is 4. The predicted octanol–water partition coefficient (Wildman–Crippen LogP) is -0.294. The van der Waals surface area contributed by atoms with Gasteiger partial charge in [-0.25, -0.2) is 4.98 Å². The highest BCUT2D eigenvalue weighted by atomic mass is 15.2. The summed E-state index contributed by atoms with van der Waals surface area (Å²) in [6.07, 6.45) is 4.70. The Morgan fingerprint density at radius 1 is 1.40 bits per heavy atom. The number of hydrogen-bond donors (Lipinski definition) is 1. The van der Waals surface area contributed by atoms with Crippen LogP contribution < -0.4 is 5.73 Å². The van der Waals surface area contributed by atoms with Gasteiger partial charge in [-0.05, 0) is 0 Å². The molecule has 5 nitrogen and oxygen atoms in total. The normalized spacial score (nSPS) is 10.4. The number of rotatable bonds is 0. The van der Waals surface area contributed by atoms with Gasteiger partial charge in [-0.15, -0.1) is 10.2 Å². The highest BCUT2D eigenvalue weighted by molar-refractivity contribution is 5.61. The van der Waals surface area contributed by atoms with Crippen molar-refractivity contribution in [2.75, 3.05) is 5.73 Å². The minimum atomic E-state index is 0.542. The second-order valence-electron chi connectivity index (χ2n) is 1.91. The van der Waals surface area contributed by atoms with Crippen LogP contribution in [0.5, 0.6) is 0 Å². The monoisotopic (exact) mass is 135 g/mol. The summed E-state index contributed by atoms with van der Waals surface area (Å²) in [7, 11) is 0. The van der Waals surface area contributed by atoms with Gasteiger partial charge in [0.1, 0.15) is 12.7 Å². The number of nitrogen functional groups attached to an aromatic ring is 1. The van der Waals surface area contributed by atoms with E-state index < -0.39 is 0 Å². The summed E-state index contributed by atoms with van der Waals surface area (Å²) < 4.78 is 1.66. The number of anilines is 1. The average Bonchev–Trinajstić information content (AvgIpc) is 2.36. The Hall–Kier alpha value is -1.65. The van der Waals surface area contributed by atoms with Crippen LogP contribution in [0.25, 0.3) is 5.65 Å². The maximum Gasteiger partial charge on any atom is 0.186 e. The van der Waals surface area contributed by atoms with Gasteiger partial charge in [-0.3, -0.25) is 4.40 Å². The Balaban J connectivity index is 2.95. The van der Waals surface area contributed by atoms with Crippen molar-refractivity contribution >= 4 is 11.3 Å². The van der Waals surface area contributed by atoms with Crippen molar-refractivity contribution in [3.8, 4) is 0 Å². The van der Waals surface area contributed by atoms with E-state index in [4.69, 9.17) is 5.73 Å². The van der Waals surface area contributed by atoms with Crippen molar-refractivity contribution in [1.82, 2.24) is 19.6 Å². The fraction of sp³-hybridized carbons (Fsp3) is 0. The lowest BCUT2D eigenvalue weighted by atomic mass is 10.5. The van der Waals surface area contributed by atoms with Crippen LogP contribution in [0.3, 0.4) is 0 Å². The van der Waals surface area contributed by atoms with Crippen molar-refractivity contribution in [2.24, 2.45) is 0 Å². The van der Waals surface area contributed by atoms with E-state index in [0.29, 0.717) is 11.3 Å². The van der Waals surface area contributed by atoms with Gasteiger partial charge >= 0.3 is 0 Å². The van der Waals surface area contributed by atoms with Crippen molar-refractivity contribution < 1.29 is 0 Å². The Morgan fingerprint density at radius 2 is 2.30 bits per heavy atom. The molecule has 10 heavy (non-hydrogen) atoms. The summed E-state index contributed by atoms with van der Waals surface area (Å²) in [4.78, 5) is 3.84. The SMILES string of the molecule is Nc1cncn2cnnc12. The quantitative estimate of drug-likeness (QED) is 0.538. The third-order valence-electron chi connectivity index (χ3n) is 1.24. The van der Waals surface area contributed by atoms with Crippen LogP contribution in [-0.4, -0.2) is 19.6 Å². The van der Waals surface area contributed by atoms with Gasteiger partial charge in [0.05, 0.1) is 11.9 Å². The summed E-state index contributed by atoms with van der Waals surface area (Å²) in [6, 6.07) is 0. The molecule has 0 radical (unpaired) electrons. The third kappa shape index (κ3) is 0.540. The Bertz CT molecular complexity index is 352. The maximum absolute atomic E-state index is 5.51. The van der Waals surface area contributed by atoms with Gasteiger partial charge in [0.15, 0.2) is 5.65 Å². The molecule has 2 heterocycles. The highest BCUT2D eigenvalue weighted by Crippen LogP contribution is 2.04. The fourth-order valence-corrected chi connectivity index (χ4v) is 0.777. The molecular formula is C5H5N5. The summed E-state index contributed by atoms with van der Waals surface area (Å²) in [6.45, 7) is 0. The van der Waals surface area contributed by atoms with Gasteiger partial charge in [-0.2, -0.15) is 0 Å². The van der Waals surface area contributed by atoms with Crippen molar-refractivity contribution in [3.05, 3.63) is 18.9 Å². The van der Waals surface area contributed by atoms with Crippen LogP contribution in [0.2, 0.25) is 0 Å². The molecule has 0 saturated heterocycles. The van der Waals surface area contributed by atoms with E-state index >= 15 is 0 Å². The molecule has 2 aromatic heterocycles. The van der Waals surface area contributed by atoms with E-state index in [1.165, 1.54) is 0 Å². The molecule has 0 aliphatic carbocycles. The summed E-state index contributed by atoms with van der Waals surface area (Å²) >= 11 is 0. The summed E-state index contributed by atoms with van der Waals surface area (Å²) in [5.74, 6) is 0. The van der Waals surface area contributed by atoms with E-state index in [1.54, 1.807) is 23.3 Å². The first kappa shape index (κ1) is 5.16. The Morgan fingerprint density at radius 3 is 3.10 bits per heavy atom. The van der Waals surface area contributed by atoms with Crippen LogP contribution >= 0.6 is 0 Å². The van der Waals surface area contributed by atoms with Crippen molar-refractivity contribution in [1.29, 1.82) is 0 Å². The first-order valence-corrected chi connectivity index (χ1v) is 2.77. The van der Waals surface area contributed by atoms with Crippen LogP contribution in [0.1, 0.15) is 0 Å². The van der Waals surface area contributed by atoms with E-state index in [2.05, 4.69) is 15.2 Å². The van der Waals surface area contributed by atoms with Crippen LogP contribution in [-0.2, 0) is 0 Å². The van der Waals surface area contributed by atoms with E-state index in [0.717, 1.165) is 0 Å². The molecule has 0 aromatic carbocycles. The van der Waals surface area contributed by atoms with Gasteiger partial charge < -0.3 is 5.73 Å². The third-order valence-corrected chi connectivity index (χ3v) is 1.24. The van der Waals surface area contributed by atoms with E-state index in [9.17, 15) is 0 Å². The van der Waals surface area contributed by atoms with Gasteiger partial charge in [0.25, 0.3) is 0 Å². The molecule has 0 atom stereocenters. The standard InChI is InChI=1S/C5H5N5/c6-4-1-7-2-10-3-8-9-5(4)10/h1-3H,6H2. The number of nitrogens with zero attached hydrogens (tertiary/aromatic N) is 4. The highest BCUT2D eigenvalue weighted by Gasteiger charge is 1.96.